The molecule has 1 unspecified atom stereocenters. The summed E-state index contributed by atoms with van der Waals surface area (Å²) in [7, 11) is -3.60. The number of hydrogen-bond acceptors (Lipinski definition) is 7. The van der Waals surface area contributed by atoms with Crippen LogP contribution in [0.25, 0.3) is 0 Å². The summed E-state index contributed by atoms with van der Waals surface area (Å²) in [6.45, 7) is 9.29. The van der Waals surface area contributed by atoms with Crippen LogP contribution in [0.4, 0.5) is 16.3 Å². The fourth-order valence-corrected chi connectivity index (χ4v) is 7.62. The van der Waals surface area contributed by atoms with Crippen molar-refractivity contribution in [1.29, 1.82) is 0 Å². The lowest BCUT2D eigenvalue weighted by Gasteiger charge is -2.27. The number of anilines is 2. The number of morpholine rings is 1. The topological polar surface area (TPSA) is 118 Å². The third-order valence-corrected chi connectivity index (χ3v) is 10.7. The first kappa shape index (κ1) is 34.9. The van der Waals surface area contributed by atoms with Crippen LogP contribution in [0, 0.1) is 17.8 Å². The van der Waals surface area contributed by atoms with Crippen molar-refractivity contribution in [3.63, 3.8) is 0 Å². The number of Topliss-reactive ketones (excluding diaryl/α,β-unsaturated/α-hetero) is 1. The number of sulfone groups is 1. The Morgan fingerprint density at radius 1 is 0.978 bits per heavy atom. The molecule has 2 amide bonds. The van der Waals surface area contributed by atoms with Crippen molar-refractivity contribution in [2.75, 3.05) is 36.5 Å². The van der Waals surface area contributed by atoms with E-state index in [1.807, 2.05) is 0 Å². The molecule has 1 aromatic heterocycles. The molecule has 45 heavy (non-hydrogen) atoms. The molecule has 1 aromatic carbocycles. The van der Waals surface area contributed by atoms with E-state index >= 15 is 0 Å². The first-order valence-corrected chi connectivity index (χ1v) is 18.4. The highest BCUT2D eigenvalue weighted by molar-refractivity contribution is 7.90. The Kier molecular flexibility index (Phi) is 13.2. The van der Waals surface area contributed by atoms with Gasteiger partial charge in [0.2, 0.25) is 0 Å². The summed E-state index contributed by atoms with van der Waals surface area (Å²) in [5.41, 5.74) is 1.14. The second kappa shape index (κ2) is 17.1. The van der Waals surface area contributed by atoms with Gasteiger partial charge in [0.1, 0.15) is 5.82 Å². The van der Waals surface area contributed by atoms with E-state index in [-0.39, 0.29) is 22.3 Å². The van der Waals surface area contributed by atoms with Crippen molar-refractivity contribution < 1.29 is 22.7 Å². The van der Waals surface area contributed by atoms with E-state index < -0.39 is 21.9 Å². The zero-order chi connectivity index (χ0) is 32.2. The lowest BCUT2D eigenvalue weighted by Crippen LogP contribution is -2.44. The number of aromatic nitrogens is 1. The summed E-state index contributed by atoms with van der Waals surface area (Å²) >= 11 is 0. The van der Waals surface area contributed by atoms with Crippen LogP contribution in [0.15, 0.2) is 47.5 Å². The highest BCUT2D eigenvalue weighted by Gasteiger charge is 2.27. The average Bonchev–Trinajstić information content (AvgIpc) is 3.02. The maximum atomic E-state index is 13.4. The van der Waals surface area contributed by atoms with Crippen LogP contribution in [0.1, 0.15) is 90.5 Å². The molecule has 2 N–H and O–H groups in total. The molecule has 2 aromatic rings. The van der Waals surface area contributed by atoms with Crippen LogP contribution in [-0.2, 0) is 25.1 Å². The van der Waals surface area contributed by atoms with E-state index in [1.54, 1.807) is 36.4 Å². The van der Waals surface area contributed by atoms with Gasteiger partial charge in [0.05, 0.1) is 29.9 Å². The number of ketones is 1. The Morgan fingerprint density at radius 2 is 1.69 bits per heavy atom. The van der Waals surface area contributed by atoms with Gasteiger partial charge in [-0.2, -0.15) is 0 Å². The molecule has 1 aliphatic heterocycles. The second-order valence-electron chi connectivity index (χ2n) is 13.4. The number of carbonyl (C=O) groups is 2. The number of urea groups is 1. The third kappa shape index (κ3) is 11.4. The van der Waals surface area contributed by atoms with Crippen molar-refractivity contribution in [3.05, 3.63) is 48.2 Å². The lowest BCUT2D eigenvalue weighted by molar-refractivity contribution is -0.122. The van der Waals surface area contributed by atoms with Gasteiger partial charge in [-0.15, -0.1) is 0 Å². The van der Waals surface area contributed by atoms with Crippen LogP contribution in [0.5, 0.6) is 0 Å². The molecule has 2 atom stereocenters. The van der Waals surface area contributed by atoms with Gasteiger partial charge >= 0.3 is 6.03 Å². The van der Waals surface area contributed by atoms with Crippen LogP contribution >= 0.6 is 0 Å². The Morgan fingerprint density at radius 3 is 2.33 bits per heavy atom. The molecule has 0 radical (unpaired) electrons. The average molecular weight is 641 g/mol. The number of nitrogens with one attached hydrogen (secondary N) is 2. The molecule has 2 fully saturated rings. The Balaban J connectivity index is 1.32. The molecule has 1 aliphatic carbocycles. The molecule has 0 bridgehead atoms. The predicted octanol–water partition coefficient (Wildman–Crippen LogP) is 6.77. The normalized spacial score (nSPS) is 17.6. The van der Waals surface area contributed by atoms with Crippen molar-refractivity contribution in [3.8, 4) is 0 Å². The van der Waals surface area contributed by atoms with E-state index in [2.05, 4.69) is 41.3 Å². The Bertz CT molecular complexity index is 1320. The minimum Gasteiger partial charge on any atom is -0.378 e. The fourth-order valence-electron chi connectivity index (χ4n) is 6.34. The minimum atomic E-state index is -3.60. The molecule has 9 nitrogen and oxygen atoms in total. The SMILES string of the molecule is CC(C)CCCC(C)CC(=O)[C@@H](CC1CCCCC1)NC(=O)Nc1ccc(CS(=O)(=O)c2ccc(N3CCOCC3)nc2)cc1. The molecule has 1 saturated carbocycles. The predicted molar refractivity (Wildman–Crippen MR) is 179 cm³/mol. The molecular weight excluding hydrogens is 588 g/mol. The number of carbonyl (C=O) groups excluding carboxylic acids is 2. The van der Waals surface area contributed by atoms with Gasteiger partial charge in [-0.05, 0) is 54.0 Å². The van der Waals surface area contributed by atoms with Gasteiger partial charge in [0.25, 0.3) is 0 Å². The number of pyridine rings is 1. The van der Waals surface area contributed by atoms with Crippen molar-refractivity contribution in [2.45, 2.75) is 102 Å². The molecule has 2 aliphatic rings. The molecule has 0 spiro atoms. The van der Waals surface area contributed by atoms with Crippen LogP contribution in [0.2, 0.25) is 0 Å². The summed E-state index contributed by atoms with van der Waals surface area (Å²) in [5, 5.41) is 5.83. The largest absolute Gasteiger partial charge is 0.378 e. The van der Waals surface area contributed by atoms with Crippen molar-refractivity contribution >= 4 is 33.2 Å². The van der Waals surface area contributed by atoms with E-state index in [9.17, 15) is 18.0 Å². The number of amides is 2. The lowest BCUT2D eigenvalue weighted by atomic mass is 9.82. The standard InChI is InChI=1S/C35H52N4O5S/c1-26(2)8-7-9-27(3)22-33(40)32(23-28-10-5-4-6-11-28)38-35(41)37-30-14-12-29(13-15-30)25-45(42,43)31-16-17-34(36-24-31)39-18-20-44-21-19-39/h12-17,24,26-28,32H,4-11,18-23,25H2,1-3H3,(H2,37,38,41)/t27?,32-/m1/s1. The van der Waals surface area contributed by atoms with Gasteiger partial charge in [-0.25, -0.2) is 18.2 Å². The van der Waals surface area contributed by atoms with E-state index in [0.29, 0.717) is 49.1 Å². The van der Waals surface area contributed by atoms with Gasteiger partial charge in [-0.3, -0.25) is 4.79 Å². The fraction of sp³-hybridized carbons (Fsp3) is 0.629. The number of hydrogen-bond donors (Lipinski definition) is 2. The highest BCUT2D eigenvalue weighted by Crippen LogP contribution is 2.29. The van der Waals surface area contributed by atoms with Crippen LogP contribution in [0.3, 0.4) is 0 Å². The maximum Gasteiger partial charge on any atom is 0.319 e. The second-order valence-corrected chi connectivity index (χ2v) is 15.4. The number of ether oxygens (including phenoxy) is 1. The zero-order valence-corrected chi connectivity index (χ0v) is 28.1. The van der Waals surface area contributed by atoms with Gasteiger partial charge in [0, 0.05) is 31.4 Å². The monoisotopic (exact) mass is 640 g/mol. The van der Waals surface area contributed by atoms with E-state index in [4.69, 9.17) is 4.74 Å². The number of benzene rings is 1. The molecule has 1 saturated heterocycles. The summed E-state index contributed by atoms with van der Waals surface area (Å²) in [6.07, 6.45) is 11.7. The minimum absolute atomic E-state index is 0.112. The summed E-state index contributed by atoms with van der Waals surface area (Å²) in [5.74, 6) is 2.08. The first-order chi connectivity index (χ1) is 21.6. The number of nitrogens with zero attached hydrogens (tertiary/aromatic N) is 2. The quantitative estimate of drug-likeness (QED) is 0.221. The summed E-state index contributed by atoms with van der Waals surface area (Å²) < 4.78 is 31.5. The maximum absolute atomic E-state index is 13.4. The zero-order valence-electron chi connectivity index (χ0n) is 27.3. The first-order valence-electron chi connectivity index (χ1n) is 16.8. The van der Waals surface area contributed by atoms with Gasteiger partial charge in [0.15, 0.2) is 15.6 Å². The van der Waals surface area contributed by atoms with Crippen LogP contribution in [-0.4, -0.2) is 57.6 Å². The van der Waals surface area contributed by atoms with Crippen LogP contribution < -0.4 is 15.5 Å². The smallest absolute Gasteiger partial charge is 0.319 e. The molecule has 2 heterocycles. The molecule has 248 valence electrons. The summed E-state index contributed by atoms with van der Waals surface area (Å²) in [6, 6.07) is 9.21. The Hall–Kier alpha value is -2.98. The number of rotatable bonds is 15. The Labute approximate surface area is 269 Å². The van der Waals surface area contributed by atoms with Gasteiger partial charge < -0.3 is 20.3 Å². The third-order valence-electron chi connectivity index (χ3n) is 9.00. The molecular formula is C35H52N4O5S. The highest BCUT2D eigenvalue weighted by atomic mass is 32.2. The molecule has 4 rings (SSSR count). The molecule has 10 heteroatoms. The van der Waals surface area contributed by atoms with E-state index in [0.717, 1.165) is 51.0 Å². The van der Waals surface area contributed by atoms with Crippen molar-refractivity contribution in [1.82, 2.24) is 10.3 Å². The van der Waals surface area contributed by atoms with Crippen molar-refractivity contribution in [2.24, 2.45) is 17.8 Å². The summed E-state index contributed by atoms with van der Waals surface area (Å²) in [4.78, 5) is 33.1. The van der Waals surface area contributed by atoms with Gasteiger partial charge in [-0.1, -0.05) is 84.3 Å². The van der Waals surface area contributed by atoms with E-state index in [1.165, 1.54) is 25.5 Å².